The predicted molar refractivity (Wildman–Crippen MR) is 162 cm³/mol. The molecule has 1 aromatic heterocycles. The Morgan fingerprint density at radius 1 is 0.898 bits per heavy atom. The highest BCUT2D eigenvalue weighted by atomic mass is 35.5. The molecule has 264 valence electrons. The molecule has 1 heterocycles. The fourth-order valence-electron chi connectivity index (χ4n) is 4.59. The summed E-state index contributed by atoms with van der Waals surface area (Å²) in [6, 6.07) is 11.6. The third-order valence-electron chi connectivity index (χ3n) is 7.13. The Morgan fingerprint density at radius 3 is 2.12 bits per heavy atom. The van der Waals surface area contributed by atoms with Crippen LogP contribution in [0.15, 0.2) is 60.7 Å². The largest absolute Gasteiger partial charge is 0.488 e. The average Bonchev–Trinajstić information content (AvgIpc) is 3.44. The lowest BCUT2D eigenvalue weighted by molar-refractivity contribution is -0.161. The maximum atomic E-state index is 14.0. The first-order valence-electron chi connectivity index (χ1n) is 13.9. The molecule has 0 aliphatic carbocycles. The van der Waals surface area contributed by atoms with Crippen molar-refractivity contribution in [3.05, 3.63) is 87.5 Å². The van der Waals surface area contributed by atoms with Crippen LogP contribution in [0.1, 0.15) is 16.8 Å². The first kappa shape index (κ1) is 37.9. The summed E-state index contributed by atoms with van der Waals surface area (Å²) < 4.78 is 94.9. The van der Waals surface area contributed by atoms with Gasteiger partial charge in [-0.15, -0.1) is 0 Å². The number of aryl methyl sites for hydroxylation is 1. The minimum absolute atomic E-state index is 0.243. The Hall–Kier alpha value is -3.90. The van der Waals surface area contributed by atoms with Crippen LogP contribution in [-0.2, 0) is 30.8 Å². The summed E-state index contributed by atoms with van der Waals surface area (Å²) in [6.45, 7) is -1.34. The van der Waals surface area contributed by atoms with Crippen LogP contribution in [0, 0.1) is 0 Å². The smallest absolute Gasteiger partial charge is 0.435 e. The van der Waals surface area contributed by atoms with Crippen LogP contribution in [-0.4, -0.2) is 72.3 Å². The summed E-state index contributed by atoms with van der Waals surface area (Å²) in [5.41, 5.74) is -3.73. The monoisotopic (exact) mass is 738 g/mol. The molecular formula is C31H26Cl2F6N2O8. The van der Waals surface area contributed by atoms with E-state index in [2.05, 4.69) is 5.10 Å². The summed E-state index contributed by atoms with van der Waals surface area (Å²) in [4.78, 5) is 13.2. The number of hydrogen-bond acceptors (Lipinski definition) is 9. The zero-order valence-electron chi connectivity index (χ0n) is 24.9. The zero-order valence-corrected chi connectivity index (χ0v) is 26.4. The van der Waals surface area contributed by atoms with Gasteiger partial charge in [-0.3, -0.25) is 4.68 Å². The van der Waals surface area contributed by atoms with Crippen LogP contribution in [0.5, 0.6) is 11.5 Å². The van der Waals surface area contributed by atoms with Crippen molar-refractivity contribution in [3.63, 3.8) is 0 Å². The number of nitrogens with zero attached hydrogens (tertiary/aromatic N) is 2. The average molecular weight is 739 g/mol. The van der Waals surface area contributed by atoms with Crippen LogP contribution in [0.3, 0.4) is 0 Å². The van der Waals surface area contributed by atoms with E-state index in [0.29, 0.717) is 22.7 Å². The normalized spacial score (nSPS) is 14.7. The standard InChI is InChI=1S/C31H26Cl2F6N2O8/c1-41-20(11-23(40-41)31(37,38)39)17-7-9-22(48-13-14-2-5-16(32)6-3-14)24(15-4-8-19(33)18(10-15)30(34,35)36)28(17)49-29(47)27(46)26(45)25(44)21(43)12-42/h2-11,21,25-27,42-46H,12-13H2,1H3. The highest BCUT2D eigenvalue weighted by molar-refractivity contribution is 6.31. The van der Waals surface area contributed by atoms with Gasteiger partial charge in [-0.2, -0.15) is 31.4 Å². The number of ether oxygens (including phenoxy) is 2. The molecule has 49 heavy (non-hydrogen) atoms. The molecule has 0 fully saturated rings. The van der Waals surface area contributed by atoms with Crippen LogP contribution in [0.2, 0.25) is 10.0 Å². The van der Waals surface area contributed by atoms with Crippen molar-refractivity contribution in [3.8, 4) is 33.9 Å². The maximum absolute atomic E-state index is 14.0. The van der Waals surface area contributed by atoms with E-state index < -0.39 is 76.9 Å². The molecule has 18 heteroatoms. The first-order valence-corrected chi connectivity index (χ1v) is 14.7. The Morgan fingerprint density at radius 2 is 1.55 bits per heavy atom. The molecule has 10 nitrogen and oxygen atoms in total. The van der Waals surface area contributed by atoms with Gasteiger partial charge in [-0.25, -0.2) is 4.79 Å². The fraction of sp³-hybridized carbons (Fsp3) is 0.290. The highest BCUT2D eigenvalue weighted by Crippen LogP contribution is 2.48. The van der Waals surface area contributed by atoms with E-state index in [1.165, 1.54) is 18.2 Å². The Labute approximate surface area is 283 Å². The van der Waals surface area contributed by atoms with Crippen molar-refractivity contribution in [2.45, 2.75) is 43.4 Å². The van der Waals surface area contributed by atoms with E-state index in [4.69, 9.17) is 37.8 Å². The summed E-state index contributed by atoms with van der Waals surface area (Å²) in [5.74, 6) is -2.78. The summed E-state index contributed by atoms with van der Waals surface area (Å²) in [5, 5.41) is 52.7. The quantitative estimate of drug-likeness (QED) is 0.0811. The summed E-state index contributed by atoms with van der Waals surface area (Å²) in [6.07, 6.45) is -19.4. The molecule has 0 saturated carbocycles. The molecule has 0 aliphatic heterocycles. The molecule has 0 spiro atoms. The second-order valence-corrected chi connectivity index (χ2v) is 11.4. The van der Waals surface area contributed by atoms with Crippen molar-refractivity contribution in [1.82, 2.24) is 9.78 Å². The van der Waals surface area contributed by atoms with Crippen LogP contribution in [0.25, 0.3) is 22.4 Å². The molecule has 4 atom stereocenters. The molecule has 0 bridgehead atoms. The lowest BCUT2D eigenvalue weighted by Crippen LogP contribution is -2.49. The van der Waals surface area contributed by atoms with Crippen LogP contribution in [0.4, 0.5) is 26.3 Å². The number of esters is 1. The van der Waals surface area contributed by atoms with Gasteiger partial charge in [0, 0.05) is 17.6 Å². The predicted octanol–water partition coefficient (Wildman–Crippen LogP) is 5.02. The number of aliphatic hydroxyl groups excluding tert-OH is 5. The molecule has 4 unspecified atom stereocenters. The number of hydrogen-bond donors (Lipinski definition) is 5. The van der Waals surface area contributed by atoms with E-state index in [9.17, 15) is 51.6 Å². The molecule has 0 amide bonds. The third-order valence-corrected chi connectivity index (χ3v) is 7.71. The van der Waals surface area contributed by atoms with Gasteiger partial charge in [0.1, 0.15) is 30.7 Å². The second-order valence-electron chi connectivity index (χ2n) is 10.6. The van der Waals surface area contributed by atoms with E-state index in [1.54, 1.807) is 12.1 Å². The van der Waals surface area contributed by atoms with Crippen molar-refractivity contribution in [1.29, 1.82) is 0 Å². The number of carbonyl (C=O) groups is 1. The highest BCUT2D eigenvalue weighted by Gasteiger charge is 2.39. The maximum Gasteiger partial charge on any atom is 0.435 e. The Kier molecular flexibility index (Phi) is 11.5. The topological polar surface area (TPSA) is 154 Å². The zero-order chi connectivity index (χ0) is 36.4. The summed E-state index contributed by atoms with van der Waals surface area (Å²) in [7, 11) is 1.11. The number of aliphatic hydroxyl groups is 5. The lowest BCUT2D eigenvalue weighted by Gasteiger charge is -2.25. The van der Waals surface area contributed by atoms with Gasteiger partial charge in [0.2, 0.25) is 0 Å². The van der Waals surface area contributed by atoms with Gasteiger partial charge in [-0.05, 0) is 53.6 Å². The second kappa shape index (κ2) is 14.9. The lowest BCUT2D eigenvalue weighted by atomic mass is 9.96. The molecule has 0 radical (unpaired) electrons. The van der Waals surface area contributed by atoms with E-state index in [-0.39, 0.29) is 29.2 Å². The summed E-state index contributed by atoms with van der Waals surface area (Å²) >= 11 is 11.8. The van der Waals surface area contributed by atoms with Crippen molar-refractivity contribution in [2.24, 2.45) is 7.05 Å². The molecule has 0 saturated heterocycles. The number of benzene rings is 3. The van der Waals surface area contributed by atoms with Gasteiger partial charge < -0.3 is 35.0 Å². The van der Waals surface area contributed by atoms with Crippen molar-refractivity contribution >= 4 is 29.2 Å². The van der Waals surface area contributed by atoms with E-state index in [1.807, 2.05) is 0 Å². The number of aromatic nitrogens is 2. The Balaban J connectivity index is 1.98. The number of alkyl halides is 6. The minimum atomic E-state index is -5.00. The van der Waals surface area contributed by atoms with Crippen LogP contribution >= 0.6 is 23.2 Å². The number of carbonyl (C=O) groups excluding carboxylic acids is 1. The number of rotatable bonds is 11. The molecule has 0 aliphatic rings. The fourth-order valence-corrected chi connectivity index (χ4v) is 4.94. The van der Waals surface area contributed by atoms with Gasteiger partial charge in [0.25, 0.3) is 0 Å². The molecule has 4 aromatic rings. The Bertz CT molecular complexity index is 1800. The molecule has 3 aromatic carbocycles. The molecule has 5 N–H and O–H groups in total. The first-order chi connectivity index (χ1) is 22.8. The van der Waals surface area contributed by atoms with E-state index in [0.717, 1.165) is 29.9 Å². The molecular weight excluding hydrogens is 713 g/mol. The van der Waals surface area contributed by atoms with Gasteiger partial charge >= 0.3 is 18.3 Å². The van der Waals surface area contributed by atoms with Gasteiger partial charge in [0.05, 0.1) is 28.5 Å². The third kappa shape index (κ3) is 8.64. The van der Waals surface area contributed by atoms with Crippen molar-refractivity contribution in [2.75, 3.05) is 6.61 Å². The van der Waals surface area contributed by atoms with Crippen LogP contribution < -0.4 is 9.47 Å². The van der Waals surface area contributed by atoms with E-state index >= 15 is 0 Å². The minimum Gasteiger partial charge on any atom is -0.488 e. The van der Waals surface area contributed by atoms with Gasteiger partial charge in [-0.1, -0.05) is 41.4 Å². The van der Waals surface area contributed by atoms with Gasteiger partial charge in [0.15, 0.2) is 17.5 Å². The van der Waals surface area contributed by atoms with Crippen molar-refractivity contribution < 1.29 is 66.1 Å². The molecule has 4 rings (SSSR count). The number of halogens is 8. The SMILES string of the molecule is Cn1nc(C(F)(F)F)cc1-c1ccc(OCc2ccc(Cl)cc2)c(-c2ccc(Cl)c(C(F)(F)F)c2)c1OC(=O)C(O)C(O)C(O)C(O)CO.